The van der Waals surface area contributed by atoms with E-state index in [0.717, 1.165) is 12.8 Å². The van der Waals surface area contributed by atoms with Gasteiger partial charge in [-0.15, -0.1) is 5.10 Å². The number of unbranched alkanes of at least 4 members (excludes halogenated alkanes) is 8. The first-order valence-electron chi connectivity index (χ1n) is 6.87. The topological polar surface area (TPSA) is 58.9 Å². The number of aryl methyl sites for hydroxylation is 1. The summed E-state index contributed by atoms with van der Waals surface area (Å²) in [5.41, 5.74) is 0. The second-order valence-electron chi connectivity index (χ2n) is 4.59. The van der Waals surface area contributed by atoms with Gasteiger partial charge in [0.2, 0.25) is 5.89 Å². The number of hydrogen-bond donors (Lipinski definition) is 1. The van der Waals surface area contributed by atoms with Crippen LogP contribution < -0.4 is 5.76 Å². The van der Waals surface area contributed by atoms with Crippen LogP contribution >= 0.6 is 0 Å². The van der Waals surface area contributed by atoms with Gasteiger partial charge in [-0.1, -0.05) is 58.3 Å². The van der Waals surface area contributed by atoms with Crippen LogP contribution in [0.5, 0.6) is 0 Å². The minimum Gasteiger partial charge on any atom is -0.393 e. The molecule has 0 radical (unpaired) electrons. The van der Waals surface area contributed by atoms with E-state index in [0.29, 0.717) is 5.89 Å². The van der Waals surface area contributed by atoms with Crippen molar-refractivity contribution >= 4 is 0 Å². The number of H-pyrrole nitrogens is 1. The summed E-state index contributed by atoms with van der Waals surface area (Å²) in [6.45, 7) is 2.24. The summed E-state index contributed by atoms with van der Waals surface area (Å²) in [6.07, 6.45) is 12.4. The molecule has 1 rings (SSSR count). The third kappa shape index (κ3) is 6.97. The lowest BCUT2D eigenvalue weighted by molar-refractivity contribution is 0.450. The van der Waals surface area contributed by atoms with Crippen molar-refractivity contribution in [1.29, 1.82) is 0 Å². The fraction of sp³-hybridized carbons (Fsp3) is 0.846. The highest BCUT2D eigenvalue weighted by Crippen LogP contribution is 2.10. The van der Waals surface area contributed by atoms with Gasteiger partial charge in [0.25, 0.3) is 0 Å². The fourth-order valence-electron chi connectivity index (χ4n) is 1.95. The maximum Gasteiger partial charge on any atom is 0.434 e. The molecule has 0 aliphatic rings. The van der Waals surface area contributed by atoms with Gasteiger partial charge in [-0.3, -0.25) is 0 Å². The van der Waals surface area contributed by atoms with Gasteiger partial charge in [0.1, 0.15) is 0 Å². The maximum atomic E-state index is 10.7. The normalized spacial score (nSPS) is 10.9. The van der Waals surface area contributed by atoms with Crippen LogP contribution in [0.2, 0.25) is 0 Å². The van der Waals surface area contributed by atoms with Crippen molar-refractivity contribution < 1.29 is 4.42 Å². The Morgan fingerprint density at radius 2 is 1.59 bits per heavy atom. The summed E-state index contributed by atoms with van der Waals surface area (Å²) in [5.74, 6) is 0.0915. The number of rotatable bonds is 10. The standard InChI is InChI=1S/C13H24N2O2/c1-2-3-4-5-6-7-8-9-10-11-12-14-15-13(16)17-12/h2-11H2,1H3,(H,15,16). The third-order valence-electron chi connectivity index (χ3n) is 2.98. The van der Waals surface area contributed by atoms with Gasteiger partial charge in [-0.25, -0.2) is 9.89 Å². The van der Waals surface area contributed by atoms with E-state index in [1.807, 2.05) is 0 Å². The second kappa shape index (κ2) is 9.02. The molecule has 0 saturated carbocycles. The summed E-state index contributed by atoms with van der Waals surface area (Å²) < 4.78 is 4.83. The van der Waals surface area contributed by atoms with E-state index in [1.54, 1.807) is 0 Å². The van der Waals surface area contributed by atoms with E-state index >= 15 is 0 Å². The van der Waals surface area contributed by atoms with Gasteiger partial charge in [0.05, 0.1) is 0 Å². The zero-order chi connectivity index (χ0) is 12.3. The van der Waals surface area contributed by atoms with Crippen LogP contribution in [0, 0.1) is 0 Å². The molecule has 1 aromatic rings. The minimum absolute atomic E-state index is 0.448. The second-order valence-corrected chi connectivity index (χ2v) is 4.59. The fourth-order valence-corrected chi connectivity index (χ4v) is 1.95. The average Bonchev–Trinajstić information content (AvgIpc) is 2.73. The van der Waals surface area contributed by atoms with Crippen LogP contribution in [-0.4, -0.2) is 10.2 Å². The molecule has 4 nitrogen and oxygen atoms in total. The lowest BCUT2D eigenvalue weighted by Crippen LogP contribution is -1.93. The van der Waals surface area contributed by atoms with E-state index < -0.39 is 5.76 Å². The summed E-state index contributed by atoms with van der Waals surface area (Å²) in [7, 11) is 0. The molecule has 0 fully saturated rings. The van der Waals surface area contributed by atoms with Crippen molar-refractivity contribution in [2.45, 2.75) is 71.1 Å². The Bertz CT molecular complexity index is 330. The molecule has 0 aliphatic carbocycles. The quantitative estimate of drug-likeness (QED) is 0.637. The van der Waals surface area contributed by atoms with Crippen LogP contribution in [0.25, 0.3) is 0 Å². The number of hydrogen-bond acceptors (Lipinski definition) is 3. The summed E-state index contributed by atoms with van der Waals surface area (Å²) >= 11 is 0. The van der Waals surface area contributed by atoms with E-state index in [4.69, 9.17) is 4.42 Å². The van der Waals surface area contributed by atoms with Crippen LogP contribution in [-0.2, 0) is 6.42 Å². The number of nitrogens with one attached hydrogen (secondary N) is 1. The molecule has 0 aliphatic heterocycles. The molecule has 98 valence electrons. The predicted octanol–water partition coefficient (Wildman–Crippen LogP) is 3.44. The lowest BCUT2D eigenvalue weighted by Gasteiger charge is -2.00. The van der Waals surface area contributed by atoms with Crippen LogP contribution in [0.15, 0.2) is 9.21 Å². The zero-order valence-electron chi connectivity index (χ0n) is 10.8. The van der Waals surface area contributed by atoms with Gasteiger partial charge in [-0.2, -0.15) is 0 Å². The number of aromatic nitrogens is 2. The molecule has 1 N–H and O–H groups in total. The molecule has 0 amide bonds. The van der Waals surface area contributed by atoms with Crippen molar-refractivity contribution in [2.24, 2.45) is 0 Å². The monoisotopic (exact) mass is 240 g/mol. The smallest absolute Gasteiger partial charge is 0.393 e. The Hall–Kier alpha value is -1.06. The van der Waals surface area contributed by atoms with Gasteiger partial charge in [0.15, 0.2) is 0 Å². The molecule has 4 heteroatoms. The molecule has 0 aromatic carbocycles. The van der Waals surface area contributed by atoms with E-state index in [-0.39, 0.29) is 0 Å². The Labute approximate surface area is 103 Å². The van der Waals surface area contributed by atoms with Crippen LogP contribution in [0.3, 0.4) is 0 Å². The molecule has 17 heavy (non-hydrogen) atoms. The van der Waals surface area contributed by atoms with E-state index in [9.17, 15) is 4.79 Å². The highest BCUT2D eigenvalue weighted by molar-refractivity contribution is 4.72. The first kappa shape index (κ1) is 14.0. The first-order chi connectivity index (χ1) is 8.33. The Morgan fingerprint density at radius 1 is 1.00 bits per heavy atom. The molecular formula is C13H24N2O2. The van der Waals surface area contributed by atoms with Crippen LogP contribution in [0.1, 0.15) is 70.6 Å². The summed E-state index contributed by atoms with van der Waals surface area (Å²) in [4.78, 5) is 10.7. The summed E-state index contributed by atoms with van der Waals surface area (Å²) in [5, 5.41) is 6.06. The lowest BCUT2D eigenvalue weighted by atomic mass is 10.1. The molecule has 1 aromatic heterocycles. The molecule has 1 heterocycles. The number of nitrogens with zero attached hydrogens (tertiary/aromatic N) is 1. The first-order valence-corrected chi connectivity index (χ1v) is 6.87. The molecule has 0 atom stereocenters. The highest BCUT2D eigenvalue weighted by atomic mass is 16.4. The Balaban J connectivity index is 1.86. The van der Waals surface area contributed by atoms with E-state index in [2.05, 4.69) is 17.1 Å². The molecule has 0 bridgehead atoms. The van der Waals surface area contributed by atoms with Crippen molar-refractivity contribution in [2.75, 3.05) is 0 Å². The molecule has 0 saturated heterocycles. The van der Waals surface area contributed by atoms with Gasteiger partial charge in [0, 0.05) is 6.42 Å². The Kier molecular flexibility index (Phi) is 7.43. The van der Waals surface area contributed by atoms with Crippen LogP contribution in [0.4, 0.5) is 0 Å². The van der Waals surface area contributed by atoms with Gasteiger partial charge < -0.3 is 4.42 Å². The van der Waals surface area contributed by atoms with Gasteiger partial charge >= 0.3 is 5.76 Å². The maximum absolute atomic E-state index is 10.7. The highest BCUT2D eigenvalue weighted by Gasteiger charge is 2.00. The molecular weight excluding hydrogens is 216 g/mol. The molecule has 0 spiro atoms. The predicted molar refractivity (Wildman–Crippen MR) is 68.1 cm³/mol. The Morgan fingerprint density at radius 3 is 2.12 bits per heavy atom. The van der Waals surface area contributed by atoms with Crippen molar-refractivity contribution in [3.05, 3.63) is 16.4 Å². The zero-order valence-corrected chi connectivity index (χ0v) is 10.8. The summed E-state index contributed by atoms with van der Waals surface area (Å²) in [6, 6.07) is 0. The average molecular weight is 240 g/mol. The van der Waals surface area contributed by atoms with Crippen molar-refractivity contribution in [3.63, 3.8) is 0 Å². The third-order valence-corrected chi connectivity index (χ3v) is 2.98. The molecule has 0 unspecified atom stereocenters. The van der Waals surface area contributed by atoms with Crippen molar-refractivity contribution in [1.82, 2.24) is 10.2 Å². The van der Waals surface area contributed by atoms with Gasteiger partial charge in [-0.05, 0) is 6.42 Å². The van der Waals surface area contributed by atoms with E-state index in [1.165, 1.54) is 51.4 Å². The number of aromatic amines is 1. The van der Waals surface area contributed by atoms with Crippen molar-refractivity contribution in [3.8, 4) is 0 Å². The largest absolute Gasteiger partial charge is 0.434 e. The SMILES string of the molecule is CCCCCCCCCCCc1n[nH]c(=O)o1. The minimum atomic E-state index is -0.448.